The van der Waals surface area contributed by atoms with E-state index in [-0.39, 0.29) is 12.5 Å². The van der Waals surface area contributed by atoms with Gasteiger partial charge in [-0.15, -0.1) is 0 Å². The molecular formula is C27H30N6O4. The molecule has 4 heterocycles. The van der Waals surface area contributed by atoms with Crippen LogP contribution in [0.2, 0.25) is 0 Å². The normalized spacial score (nSPS) is 20.1. The number of fused-ring (bicyclic) bond motifs is 2. The number of carbonyl (C=O) groups excluding carboxylic acids is 2. The maximum atomic E-state index is 13.1. The van der Waals surface area contributed by atoms with Gasteiger partial charge in [-0.25, -0.2) is 4.79 Å². The van der Waals surface area contributed by atoms with Crippen molar-refractivity contribution in [2.45, 2.75) is 44.3 Å². The number of hydrogen-bond donors (Lipinski definition) is 1. The van der Waals surface area contributed by atoms with Gasteiger partial charge in [0, 0.05) is 37.8 Å². The monoisotopic (exact) mass is 502 g/mol. The molecule has 3 aliphatic heterocycles. The zero-order chi connectivity index (χ0) is 25.4. The van der Waals surface area contributed by atoms with E-state index in [0.29, 0.717) is 48.8 Å². The van der Waals surface area contributed by atoms with E-state index in [1.807, 2.05) is 23.1 Å². The summed E-state index contributed by atoms with van der Waals surface area (Å²) < 4.78 is 10.5. The minimum absolute atomic E-state index is 0.0803. The topological polar surface area (TPSA) is 111 Å². The molecule has 0 unspecified atom stereocenters. The average molecular weight is 503 g/mol. The number of pyridine rings is 1. The third-order valence-electron chi connectivity index (χ3n) is 7.56. The quantitative estimate of drug-likeness (QED) is 0.567. The van der Waals surface area contributed by atoms with Gasteiger partial charge in [-0.05, 0) is 57.0 Å². The molecule has 0 radical (unpaired) electrons. The predicted octanol–water partition coefficient (Wildman–Crippen LogP) is 1.82. The first-order valence-electron chi connectivity index (χ1n) is 13.0. The van der Waals surface area contributed by atoms with Crippen LogP contribution in [0.1, 0.15) is 36.9 Å². The van der Waals surface area contributed by atoms with Gasteiger partial charge in [0.05, 0.1) is 41.4 Å². The molecule has 6 rings (SSSR count). The Bertz CT molecular complexity index is 1250. The Balaban J connectivity index is 1.01. The van der Waals surface area contributed by atoms with Crippen molar-refractivity contribution in [3.63, 3.8) is 0 Å². The second kappa shape index (κ2) is 10.00. The van der Waals surface area contributed by atoms with Crippen molar-refractivity contribution in [3.05, 3.63) is 41.7 Å². The van der Waals surface area contributed by atoms with Gasteiger partial charge in [-0.3, -0.25) is 9.78 Å². The van der Waals surface area contributed by atoms with Crippen LogP contribution in [0.5, 0.6) is 11.5 Å². The van der Waals surface area contributed by atoms with Gasteiger partial charge in [-0.1, -0.05) is 0 Å². The Kier molecular flexibility index (Phi) is 6.40. The van der Waals surface area contributed by atoms with Gasteiger partial charge in [0.1, 0.15) is 0 Å². The van der Waals surface area contributed by atoms with Crippen LogP contribution in [0.15, 0.2) is 30.5 Å². The molecule has 1 amide bonds. The molecule has 2 fully saturated rings. The van der Waals surface area contributed by atoms with E-state index < -0.39 is 5.97 Å². The lowest BCUT2D eigenvalue weighted by Gasteiger charge is -2.39. The number of rotatable bonds is 7. The van der Waals surface area contributed by atoms with Gasteiger partial charge in [0.15, 0.2) is 18.1 Å². The molecule has 1 saturated carbocycles. The zero-order valence-corrected chi connectivity index (χ0v) is 20.7. The molecule has 192 valence electrons. The van der Waals surface area contributed by atoms with Crippen molar-refractivity contribution in [3.8, 4) is 17.6 Å². The number of benzene rings is 1. The number of aromatic nitrogens is 1. The molecule has 4 aliphatic rings. The summed E-state index contributed by atoms with van der Waals surface area (Å²) in [7, 11) is 0. The molecule has 10 nitrogen and oxygen atoms in total. The number of amides is 1. The molecule has 37 heavy (non-hydrogen) atoms. The third-order valence-corrected chi connectivity index (χ3v) is 7.56. The minimum atomic E-state index is -0.398. The number of anilines is 2. The second-order valence-corrected chi connectivity index (χ2v) is 10.1. The SMILES string of the molecule is N#Cc1ccc2c(c1)N(CCN1CCC(NCc3cc4c(cn3)OCC(=O)O4)CC1)C(=O)CN2C1CC1. The van der Waals surface area contributed by atoms with E-state index in [2.05, 4.69) is 26.2 Å². The predicted molar refractivity (Wildman–Crippen MR) is 136 cm³/mol. The van der Waals surface area contributed by atoms with Gasteiger partial charge in [-0.2, -0.15) is 5.26 Å². The van der Waals surface area contributed by atoms with E-state index in [1.165, 1.54) is 0 Å². The number of piperidine rings is 1. The highest BCUT2D eigenvalue weighted by Crippen LogP contribution is 2.40. The Morgan fingerprint density at radius 2 is 1.89 bits per heavy atom. The fraction of sp³-hybridized carbons (Fsp3) is 0.481. The average Bonchev–Trinajstić information content (AvgIpc) is 3.76. The lowest BCUT2D eigenvalue weighted by atomic mass is 10.0. The van der Waals surface area contributed by atoms with Crippen LogP contribution in [0.25, 0.3) is 0 Å². The summed E-state index contributed by atoms with van der Waals surface area (Å²) in [6.45, 7) is 4.24. The number of carbonyl (C=O) groups is 2. The number of likely N-dealkylation sites (tertiary alicyclic amines) is 1. The van der Waals surface area contributed by atoms with Crippen LogP contribution in [0.4, 0.5) is 11.4 Å². The lowest BCUT2D eigenvalue weighted by Crippen LogP contribution is -2.50. The molecule has 0 spiro atoms. The third kappa shape index (κ3) is 5.10. The highest BCUT2D eigenvalue weighted by molar-refractivity contribution is 6.03. The van der Waals surface area contributed by atoms with Crippen LogP contribution in [0, 0.1) is 11.3 Å². The molecule has 1 aliphatic carbocycles. The van der Waals surface area contributed by atoms with Crippen molar-refractivity contribution in [2.24, 2.45) is 0 Å². The van der Waals surface area contributed by atoms with Gasteiger partial charge >= 0.3 is 5.97 Å². The number of ether oxygens (including phenoxy) is 2. The summed E-state index contributed by atoms with van der Waals surface area (Å²) in [5.74, 6) is 0.634. The molecule has 2 aromatic rings. The minimum Gasteiger partial charge on any atom is -0.476 e. The molecular weight excluding hydrogens is 472 g/mol. The molecule has 0 bridgehead atoms. The van der Waals surface area contributed by atoms with E-state index >= 15 is 0 Å². The smallest absolute Gasteiger partial charge is 0.349 e. The molecule has 1 N–H and O–H groups in total. The molecule has 10 heteroatoms. The summed E-state index contributed by atoms with van der Waals surface area (Å²) in [6.07, 6.45) is 5.86. The lowest BCUT2D eigenvalue weighted by molar-refractivity contribution is -0.138. The van der Waals surface area contributed by atoms with Crippen molar-refractivity contribution in [1.29, 1.82) is 5.26 Å². The first-order valence-corrected chi connectivity index (χ1v) is 13.0. The number of nitrogens with zero attached hydrogens (tertiary/aromatic N) is 5. The highest BCUT2D eigenvalue weighted by atomic mass is 16.6. The van der Waals surface area contributed by atoms with Crippen LogP contribution < -0.4 is 24.6 Å². The summed E-state index contributed by atoms with van der Waals surface area (Å²) in [6, 6.07) is 10.5. The fourth-order valence-corrected chi connectivity index (χ4v) is 5.35. The summed E-state index contributed by atoms with van der Waals surface area (Å²) in [5.41, 5.74) is 3.33. The molecule has 1 aromatic heterocycles. The highest BCUT2D eigenvalue weighted by Gasteiger charge is 2.37. The molecule has 1 aromatic carbocycles. The van der Waals surface area contributed by atoms with E-state index in [0.717, 1.165) is 62.4 Å². The fourth-order valence-electron chi connectivity index (χ4n) is 5.35. The zero-order valence-electron chi connectivity index (χ0n) is 20.7. The van der Waals surface area contributed by atoms with E-state index in [1.54, 1.807) is 12.3 Å². The first-order chi connectivity index (χ1) is 18.1. The summed E-state index contributed by atoms with van der Waals surface area (Å²) in [4.78, 5) is 35.4. The Morgan fingerprint density at radius 3 is 2.68 bits per heavy atom. The standard InChI is InChI=1S/C27H30N6O4/c28-13-18-1-4-22-23(11-18)32(26(34)16-33(22)21-2-3-21)10-9-31-7-5-19(6-8-31)29-14-20-12-24-25(15-30-20)36-17-27(35)37-24/h1,4,11-12,15,19,21,29H,2-3,5-10,14,16-17H2. The van der Waals surface area contributed by atoms with E-state index in [4.69, 9.17) is 9.47 Å². The number of nitriles is 1. The Morgan fingerprint density at radius 1 is 1.05 bits per heavy atom. The maximum Gasteiger partial charge on any atom is 0.349 e. The van der Waals surface area contributed by atoms with Crippen molar-refractivity contribution in [1.82, 2.24) is 15.2 Å². The molecule has 1 saturated heterocycles. The number of hydrogen-bond acceptors (Lipinski definition) is 9. The van der Waals surface area contributed by atoms with Crippen molar-refractivity contribution < 1.29 is 19.1 Å². The second-order valence-electron chi connectivity index (χ2n) is 10.1. The van der Waals surface area contributed by atoms with Crippen molar-refractivity contribution >= 4 is 23.3 Å². The number of nitrogens with one attached hydrogen (secondary N) is 1. The van der Waals surface area contributed by atoms with Crippen molar-refractivity contribution in [2.75, 3.05) is 49.1 Å². The Labute approximate surface area is 215 Å². The van der Waals surface area contributed by atoms with Crippen LogP contribution in [0.3, 0.4) is 0 Å². The van der Waals surface area contributed by atoms with Gasteiger partial charge in [0.25, 0.3) is 0 Å². The largest absolute Gasteiger partial charge is 0.476 e. The Hall–Kier alpha value is -3.68. The summed E-state index contributed by atoms with van der Waals surface area (Å²) >= 11 is 0. The van der Waals surface area contributed by atoms with Gasteiger partial charge in [0.2, 0.25) is 5.91 Å². The van der Waals surface area contributed by atoms with Crippen LogP contribution >= 0.6 is 0 Å². The molecule has 0 atom stereocenters. The van der Waals surface area contributed by atoms with E-state index in [9.17, 15) is 14.9 Å². The van der Waals surface area contributed by atoms with Crippen LogP contribution in [-0.4, -0.2) is 73.2 Å². The maximum absolute atomic E-state index is 13.1. The summed E-state index contributed by atoms with van der Waals surface area (Å²) in [5, 5.41) is 13.0. The first kappa shape index (κ1) is 23.7. The van der Waals surface area contributed by atoms with Crippen LogP contribution in [-0.2, 0) is 16.1 Å². The number of esters is 1. The van der Waals surface area contributed by atoms with Gasteiger partial charge < -0.3 is 29.5 Å².